The monoisotopic (exact) mass is 387 g/mol. The van der Waals surface area contributed by atoms with Crippen LogP contribution in [0.5, 0.6) is 0 Å². The topological polar surface area (TPSA) is 55.6 Å². The predicted molar refractivity (Wildman–Crippen MR) is 112 cm³/mol. The Morgan fingerprint density at radius 1 is 1.10 bits per heavy atom. The molecule has 0 aliphatic carbocycles. The molecule has 0 bridgehead atoms. The van der Waals surface area contributed by atoms with Gasteiger partial charge < -0.3 is 5.32 Å². The molecule has 146 valence electrons. The lowest BCUT2D eigenvalue weighted by Crippen LogP contribution is -2.20. The molecule has 2 aromatic heterocycles. The van der Waals surface area contributed by atoms with Gasteiger partial charge in [-0.1, -0.05) is 25.1 Å². The first kappa shape index (κ1) is 17.8. The second kappa shape index (κ2) is 7.28. The highest BCUT2D eigenvalue weighted by atomic mass is 19.1. The zero-order valence-corrected chi connectivity index (χ0v) is 16.3. The maximum atomic E-state index is 13.4. The largest absolute Gasteiger partial charge is 0.324 e. The van der Waals surface area contributed by atoms with Crippen LogP contribution in [0.15, 0.2) is 54.7 Å². The molecular formula is C23H22FN5. The van der Waals surface area contributed by atoms with Crippen molar-refractivity contribution < 1.29 is 4.39 Å². The van der Waals surface area contributed by atoms with Gasteiger partial charge in [0.05, 0.1) is 11.6 Å². The molecule has 4 aromatic rings. The Morgan fingerprint density at radius 3 is 2.79 bits per heavy atom. The van der Waals surface area contributed by atoms with E-state index in [1.54, 1.807) is 0 Å². The number of hydrogen-bond acceptors (Lipinski definition) is 4. The number of halogens is 1. The van der Waals surface area contributed by atoms with Crippen LogP contribution in [-0.4, -0.2) is 19.7 Å². The minimum absolute atomic E-state index is 0.101. The number of anilines is 2. The molecule has 0 saturated heterocycles. The van der Waals surface area contributed by atoms with Crippen molar-refractivity contribution in [3.63, 3.8) is 0 Å². The minimum Gasteiger partial charge on any atom is -0.324 e. The van der Waals surface area contributed by atoms with Crippen LogP contribution in [0.3, 0.4) is 0 Å². The van der Waals surface area contributed by atoms with Gasteiger partial charge in [-0.15, -0.1) is 10.2 Å². The lowest BCUT2D eigenvalue weighted by atomic mass is 9.97. The summed E-state index contributed by atoms with van der Waals surface area (Å²) in [6.07, 6.45) is 5.62. The summed E-state index contributed by atoms with van der Waals surface area (Å²) >= 11 is 0. The quantitative estimate of drug-likeness (QED) is 0.523. The van der Waals surface area contributed by atoms with Crippen molar-refractivity contribution in [1.82, 2.24) is 19.7 Å². The van der Waals surface area contributed by atoms with Crippen LogP contribution >= 0.6 is 0 Å². The SMILES string of the molecule is CCc1c(Nc2nnc3n2[C@H](c2ccc(F)cc2)CCC3)ccc2ncccc12. The Hall–Kier alpha value is -3.28. The average molecular weight is 387 g/mol. The fraction of sp³-hybridized carbons (Fsp3) is 0.261. The van der Waals surface area contributed by atoms with Gasteiger partial charge in [0.2, 0.25) is 5.95 Å². The minimum atomic E-state index is -0.218. The van der Waals surface area contributed by atoms with E-state index in [1.165, 1.54) is 17.7 Å². The van der Waals surface area contributed by atoms with Crippen LogP contribution in [0.1, 0.15) is 42.8 Å². The van der Waals surface area contributed by atoms with Crippen LogP contribution in [0.4, 0.5) is 16.0 Å². The molecule has 1 N–H and O–H groups in total. The van der Waals surface area contributed by atoms with Crippen molar-refractivity contribution in [2.75, 3.05) is 5.32 Å². The second-order valence-corrected chi connectivity index (χ2v) is 7.41. The first-order valence-corrected chi connectivity index (χ1v) is 10.1. The molecule has 6 heteroatoms. The van der Waals surface area contributed by atoms with Crippen molar-refractivity contribution in [3.8, 4) is 0 Å². The Bertz CT molecular complexity index is 1170. The number of fused-ring (bicyclic) bond motifs is 2. The van der Waals surface area contributed by atoms with Crippen molar-refractivity contribution >= 4 is 22.5 Å². The zero-order chi connectivity index (χ0) is 19.8. The smallest absolute Gasteiger partial charge is 0.229 e. The summed E-state index contributed by atoms with van der Waals surface area (Å²) < 4.78 is 15.6. The molecule has 0 spiro atoms. The summed E-state index contributed by atoms with van der Waals surface area (Å²) in [6, 6.07) is 15.0. The van der Waals surface area contributed by atoms with E-state index in [4.69, 9.17) is 0 Å². The Labute approximate surface area is 168 Å². The van der Waals surface area contributed by atoms with Crippen LogP contribution in [0.25, 0.3) is 10.9 Å². The molecule has 0 radical (unpaired) electrons. The molecule has 1 atom stereocenters. The van der Waals surface area contributed by atoms with Gasteiger partial charge in [-0.3, -0.25) is 9.55 Å². The van der Waals surface area contributed by atoms with E-state index < -0.39 is 0 Å². The summed E-state index contributed by atoms with van der Waals surface area (Å²) in [4.78, 5) is 4.47. The van der Waals surface area contributed by atoms with Gasteiger partial charge >= 0.3 is 0 Å². The number of nitrogens with one attached hydrogen (secondary N) is 1. The predicted octanol–water partition coefficient (Wildman–Crippen LogP) is 5.20. The number of rotatable bonds is 4. The van der Waals surface area contributed by atoms with E-state index in [0.29, 0.717) is 0 Å². The van der Waals surface area contributed by atoms with Gasteiger partial charge in [-0.25, -0.2) is 4.39 Å². The number of hydrogen-bond donors (Lipinski definition) is 1. The summed E-state index contributed by atoms with van der Waals surface area (Å²) in [5.74, 6) is 1.48. The number of aryl methyl sites for hydroxylation is 2. The number of pyridine rings is 1. The highest BCUT2D eigenvalue weighted by Gasteiger charge is 2.26. The maximum Gasteiger partial charge on any atom is 0.229 e. The molecule has 0 unspecified atom stereocenters. The third-order valence-electron chi connectivity index (χ3n) is 5.71. The molecule has 0 amide bonds. The van der Waals surface area contributed by atoms with E-state index in [-0.39, 0.29) is 11.9 Å². The van der Waals surface area contributed by atoms with E-state index in [0.717, 1.165) is 59.6 Å². The Kier molecular flexibility index (Phi) is 4.46. The maximum absolute atomic E-state index is 13.4. The van der Waals surface area contributed by atoms with E-state index in [2.05, 4.69) is 44.1 Å². The highest BCUT2D eigenvalue weighted by molar-refractivity contribution is 5.88. The highest BCUT2D eigenvalue weighted by Crippen LogP contribution is 2.35. The molecule has 0 fully saturated rings. The van der Waals surface area contributed by atoms with E-state index in [1.807, 2.05) is 30.5 Å². The summed E-state index contributed by atoms with van der Waals surface area (Å²) in [5.41, 5.74) is 4.30. The number of aromatic nitrogens is 4. The molecule has 29 heavy (non-hydrogen) atoms. The molecule has 1 aliphatic heterocycles. The standard InChI is InChI=1S/C23H22FN5/c1-2-17-18-5-4-14-25-19(18)12-13-20(17)26-23-28-27-22-7-3-6-21(29(22)23)15-8-10-16(24)11-9-15/h4-5,8-14,21H,2-3,6-7H2,1H3,(H,26,28)/t21-/m0/s1. The van der Waals surface area contributed by atoms with E-state index >= 15 is 0 Å². The van der Waals surface area contributed by atoms with Crippen molar-refractivity contribution in [2.24, 2.45) is 0 Å². The Balaban J connectivity index is 1.57. The lowest BCUT2D eigenvalue weighted by molar-refractivity contribution is 0.454. The Morgan fingerprint density at radius 2 is 1.97 bits per heavy atom. The molecule has 5 nitrogen and oxygen atoms in total. The third-order valence-corrected chi connectivity index (χ3v) is 5.71. The average Bonchev–Trinajstić information content (AvgIpc) is 3.17. The van der Waals surface area contributed by atoms with Gasteiger partial charge in [0, 0.05) is 23.7 Å². The summed E-state index contributed by atoms with van der Waals surface area (Å²) in [7, 11) is 0. The van der Waals surface area contributed by atoms with Crippen LogP contribution in [0, 0.1) is 5.82 Å². The van der Waals surface area contributed by atoms with Gasteiger partial charge in [0.15, 0.2) is 0 Å². The normalized spacial score (nSPS) is 16.0. The van der Waals surface area contributed by atoms with Gasteiger partial charge in [-0.05, 0) is 60.7 Å². The van der Waals surface area contributed by atoms with Crippen LogP contribution in [-0.2, 0) is 12.8 Å². The molecule has 3 heterocycles. The third kappa shape index (κ3) is 3.14. The first-order valence-electron chi connectivity index (χ1n) is 10.1. The fourth-order valence-corrected chi connectivity index (χ4v) is 4.32. The summed E-state index contributed by atoms with van der Waals surface area (Å²) in [5, 5.41) is 13.6. The van der Waals surface area contributed by atoms with Gasteiger partial charge in [0.1, 0.15) is 11.6 Å². The molecule has 2 aromatic carbocycles. The van der Waals surface area contributed by atoms with Crippen molar-refractivity contribution in [3.05, 3.63) is 77.5 Å². The van der Waals surface area contributed by atoms with E-state index in [9.17, 15) is 4.39 Å². The van der Waals surface area contributed by atoms with Crippen LogP contribution < -0.4 is 5.32 Å². The summed E-state index contributed by atoms with van der Waals surface area (Å²) in [6.45, 7) is 2.15. The number of benzene rings is 2. The molecule has 1 aliphatic rings. The zero-order valence-electron chi connectivity index (χ0n) is 16.3. The number of nitrogens with zero attached hydrogens (tertiary/aromatic N) is 4. The molecule has 0 saturated carbocycles. The molecular weight excluding hydrogens is 365 g/mol. The van der Waals surface area contributed by atoms with Crippen molar-refractivity contribution in [2.45, 2.75) is 38.6 Å². The van der Waals surface area contributed by atoms with Gasteiger partial charge in [-0.2, -0.15) is 0 Å². The van der Waals surface area contributed by atoms with Crippen molar-refractivity contribution in [1.29, 1.82) is 0 Å². The molecule has 5 rings (SSSR count). The van der Waals surface area contributed by atoms with Crippen LogP contribution in [0.2, 0.25) is 0 Å². The fourth-order valence-electron chi connectivity index (χ4n) is 4.32. The second-order valence-electron chi connectivity index (χ2n) is 7.41. The van der Waals surface area contributed by atoms with Gasteiger partial charge in [0.25, 0.3) is 0 Å². The first-order chi connectivity index (χ1) is 14.2. The lowest BCUT2D eigenvalue weighted by Gasteiger charge is -2.27.